The van der Waals surface area contributed by atoms with E-state index in [4.69, 9.17) is 0 Å². The molecule has 0 heteroatoms. The molecule has 0 aliphatic rings. The van der Waals surface area contributed by atoms with Crippen molar-refractivity contribution in [1.82, 2.24) is 0 Å². The van der Waals surface area contributed by atoms with Crippen LogP contribution in [-0.4, -0.2) is 0 Å². The quantitative estimate of drug-likeness (QED) is 0.268. The Hall–Kier alpha value is -0.780. The Morgan fingerprint density at radius 2 is 1.60 bits per heavy atom. The molecule has 0 aromatic heterocycles. The van der Waals surface area contributed by atoms with Crippen LogP contribution in [0.1, 0.15) is 58.8 Å². The number of rotatable bonds is 9. The summed E-state index contributed by atoms with van der Waals surface area (Å²) < 4.78 is 0. The molecule has 0 aliphatic carbocycles. The number of hydrogen-bond acceptors (Lipinski definition) is 0. The van der Waals surface area contributed by atoms with Crippen LogP contribution in [0.2, 0.25) is 0 Å². The first-order valence-corrected chi connectivity index (χ1v) is 6.34. The monoisotopic (exact) mass is 206 g/mol. The van der Waals surface area contributed by atoms with Crippen LogP contribution >= 0.6 is 0 Å². The highest BCUT2D eigenvalue weighted by atomic mass is 13.9. The van der Waals surface area contributed by atoms with Gasteiger partial charge in [0.25, 0.3) is 0 Å². The molecule has 0 spiro atoms. The smallest absolute Gasteiger partial charge is 0.0166 e. The van der Waals surface area contributed by atoms with Gasteiger partial charge in [-0.25, -0.2) is 0 Å². The van der Waals surface area contributed by atoms with Gasteiger partial charge in [0.05, 0.1) is 0 Å². The van der Waals surface area contributed by atoms with Gasteiger partial charge in [0.15, 0.2) is 0 Å². The topological polar surface area (TPSA) is 0 Å². The fraction of sp³-hybridized carbons (Fsp3) is 0.600. The predicted molar refractivity (Wildman–Crippen MR) is 71.1 cm³/mol. The first kappa shape index (κ1) is 14.2. The Labute approximate surface area is 95.8 Å². The van der Waals surface area contributed by atoms with Crippen molar-refractivity contribution in [3.8, 4) is 0 Å². The third kappa shape index (κ3) is 13.2. The zero-order valence-electron chi connectivity index (χ0n) is 10.4. The van der Waals surface area contributed by atoms with Crippen LogP contribution in [0.3, 0.4) is 0 Å². The molecule has 0 rings (SSSR count). The summed E-state index contributed by atoms with van der Waals surface area (Å²) in [7, 11) is 0. The van der Waals surface area contributed by atoms with Crippen LogP contribution < -0.4 is 0 Å². The third-order valence-corrected chi connectivity index (χ3v) is 2.35. The van der Waals surface area contributed by atoms with E-state index in [1.54, 1.807) is 0 Å². The molecule has 0 amide bonds. The Morgan fingerprint density at radius 3 is 2.33 bits per heavy atom. The van der Waals surface area contributed by atoms with Gasteiger partial charge >= 0.3 is 0 Å². The average Bonchev–Trinajstić information content (AvgIpc) is 2.26. The van der Waals surface area contributed by atoms with Gasteiger partial charge in [0.1, 0.15) is 0 Å². The lowest BCUT2D eigenvalue weighted by Crippen LogP contribution is -1.75. The molecule has 0 fully saturated rings. The number of hydrogen-bond donors (Lipinski definition) is 0. The molecule has 0 aliphatic heterocycles. The summed E-state index contributed by atoms with van der Waals surface area (Å²) in [5, 5.41) is 0. The van der Waals surface area contributed by atoms with E-state index in [1.165, 1.54) is 38.5 Å². The molecular formula is C15H26. The number of unbranched alkanes of at least 4 members (excludes halogenated alkanes) is 5. The van der Waals surface area contributed by atoms with Crippen molar-refractivity contribution >= 4 is 0 Å². The van der Waals surface area contributed by atoms with Gasteiger partial charge in [-0.1, -0.05) is 69.1 Å². The summed E-state index contributed by atoms with van der Waals surface area (Å²) in [6.07, 6.45) is 22.2. The maximum Gasteiger partial charge on any atom is -0.0166 e. The molecule has 15 heavy (non-hydrogen) atoms. The van der Waals surface area contributed by atoms with E-state index >= 15 is 0 Å². The predicted octanol–water partition coefficient (Wildman–Crippen LogP) is 5.43. The van der Waals surface area contributed by atoms with Crippen LogP contribution in [0.4, 0.5) is 0 Å². The zero-order chi connectivity index (χ0) is 11.2. The molecule has 0 unspecified atom stereocenters. The van der Waals surface area contributed by atoms with E-state index in [0.29, 0.717) is 0 Å². The van der Waals surface area contributed by atoms with Crippen molar-refractivity contribution in [2.24, 2.45) is 0 Å². The Balaban J connectivity index is 3.17. The van der Waals surface area contributed by atoms with Gasteiger partial charge in [-0.3, -0.25) is 0 Å². The molecule has 0 atom stereocenters. The lowest BCUT2D eigenvalue weighted by atomic mass is 10.1. The summed E-state index contributed by atoms with van der Waals surface area (Å²) >= 11 is 0. The molecule has 0 nitrogen and oxygen atoms in total. The van der Waals surface area contributed by atoms with Crippen molar-refractivity contribution in [3.05, 3.63) is 36.5 Å². The number of allylic oxidation sites excluding steroid dienone is 6. The van der Waals surface area contributed by atoms with Crippen LogP contribution in [0.5, 0.6) is 0 Å². The van der Waals surface area contributed by atoms with Gasteiger partial charge in [0.2, 0.25) is 0 Å². The van der Waals surface area contributed by atoms with E-state index in [2.05, 4.69) is 37.3 Å². The fourth-order valence-corrected chi connectivity index (χ4v) is 1.43. The van der Waals surface area contributed by atoms with Crippen molar-refractivity contribution < 1.29 is 0 Å². The van der Waals surface area contributed by atoms with Gasteiger partial charge in [-0.05, 0) is 26.2 Å². The van der Waals surface area contributed by atoms with E-state index in [0.717, 1.165) is 6.42 Å². The highest BCUT2D eigenvalue weighted by Crippen LogP contribution is 2.05. The van der Waals surface area contributed by atoms with E-state index in [1.807, 2.05) is 13.0 Å². The summed E-state index contributed by atoms with van der Waals surface area (Å²) in [6, 6.07) is 0. The third-order valence-electron chi connectivity index (χ3n) is 2.35. The molecule has 0 saturated carbocycles. The first-order chi connectivity index (χ1) is 7.41. The lowest BCUT2D eigenvalue weighted by Gasteiger charge is -1.95. The van der Waals surface area contributed by atoms with Crippen molar-refractivity contribution in [3.63, 3.8) is 0 Å². The Bertz CT molecular complexity index is 184. The second-order valence-corrected chi connectivity index (χ2v) is 3.86. The standard InChI is InChI=1S/C15H26/c1-3-5-7-9-11-13-15-14-12-10-8-6-4-2/h3,5,7,9,13,15H,4,6,8,10-12,14H2,1-2H3/b5-3-,9-7-,15-13-. The molecule has 0 N–H and O–H groups in total. The van der Waals surface area contributed by atoms with Gasteiger partial charge in [-0.15, -0.1) is 0 Å². The Morgan fingerprint density at radius 1 is 0.800 bits per heavy atom. The lowest BCUT2D eigenvalue weighted by molar-refractivity contribution is 0.637. The largest absolute Gasteiger partial charge is 0.0882 e. The van der Waals surface area contributed by atoms with E-state index in [-0.39, 0.29) is 0 Å². The molecule has 0 radical (unpaired) electrons. The minimum Gasteiger partial charge on any atom is -0.0882 e. The highest BCUT2D eigenvalue weighted by molar-refractivity contribution is 5.03. The molecular weight excluding hydrogens is 180 g/mol. The van der Waals surface area contributed by atoms with Gasteiger partial charge in [0, 0.05) is 0 Å². The summed E-state index contributed by atoms with van der Waals surface area (Å²) in [6.45, 7) is 4.30. The van der Waals surface area contributed by atoms with Crippen molar-refractivity contribution in [2.45, 2.75) is 58.8 Å². The second kappa shape index (κ2) is 13.2. The summed E-state index contributed by atoms with van der Waals surface area (Å²) in [5.74, 6) is 0. The minimum absolute atomic E-state index is 1.07. The average molecular weight is 206 g/mol. The maximum absolute atomic E-state index is 2.31. The summed E-state index contributed by atoms with van der Waals surface area (Å²) in [5.41, 5.74) is 0. The van der Waals surface area contributed by atoms with Crippen LogP contribution in [0.25, 0.3) is 0 Å². The molecule has 0 aromatic carbocycles. The first-order valence-electron chi connectivity index (χ1n) is 6.34. The molecule has 0 saturated heterocycles. The molecule has 0 bridgehead atoms. The van der Waals surface area contributed by atoms with Crippen molar-refractivity contribution in [1.29, 1.82) is 0 Å². The normalized spacial score (nSPS) is 12.4. The maximum atomic E-state index is 2.31. The zero-order valence-corrected chi connectivity index (χ0v) is 10.4. The second-order valence-electron chi connectivity index (χ2n) is 3.86. The van der Waals surface area contributed by atoms with E-state index in [9.17, 15) is 0 Å². The fourth-order valence-electron chi connectivity index (χ4n) is 1.43. The molecule has 0 heterocycles. The van der Waals surface area contributed by atoms with Crippen LogP contribution in [0.15, 0.2) is 36.5 Å². The van der Waals surface area contributed by atoms with Gasteiger partial charge in [-0.2, -0.15) is 0 Å². The van der Waals surface area contributed by atoms with E-state index < -0.39 is 0 Å². The Kier molecular flexibility index (Phi) is 12.5. The molecule has 86 valence electrons. The minimum atomic E-state index is 1.07. The van der Waals surface area contributed by atoms with Crippen molar-refractivity contribution in [2.75, 3.05) is 0 Å². The SMILES string of the molecule is C/C=C\C=C/C/C=C\CCCCCCC. The molecule has 0 aromatic rings. The summed E-state index contributed by atoms with van der Waals surface area (Å²) in [4.78, 5) is 0. The van der Waals surface area contributed by atoms with Crippen LogP contribution in [-0.2, 0) is 0 Å². The highest BCUT2D eigenvalue weighted by Gasteiger charge is 1.85. The van der Waals surface area contributed by atoms with Crippen LogP contribution in [0, 0.1) is 0 Å². The van der Waals surface area contributed by atoms with Gasteiger partial charge < -0.3 is 0 Å².